The van der Waals surface area contributed by atoms with E-state index in [0.717, 1.165) is 18.8 Å². The molecule has 0 saturated carbocycles. The van der Waals surface area contributed by atoms with Gasteiger partial charge in [0, 0.05) is 31.7 Å². The number of likely N-dealkylation sites (N-methyl/N-ethyl adjacent to an activating group) is 1. The number of nitrogens with zero attached hydrogens (tertiary/aromatic N) is 3. The highest BCUT2D eigenvalue weighted by molar-refractivity contribution is 5.66. The third-order valence-electron chi connectivity index (χ3n) is 2.82. The van der Waals surface area contributed by atoms with Crippen LogP contribution in [0.3, 0.4) is 0 Å². The number of carbonyl (C=O) groups excluding carboxylic acids is 1. The van der Waals surface area contributed by atoms with Gasteiger partial charge in [0.2, 0.25) is 0 Å². The van der Waals surface area contributed by atoms with Crippen LogP contribution < -0.4 is 5.32 Å². The van der Waals surface area contributed by atoms with Crippen LogP contribution in [0.4, 0.5) is 4.79 Å². The van der Waals surface area contributed by atoms with Crippen LogP contribution in [-0.2, 0) is 4.74 Å². The molecular weight excluding hydrogens is 232 g/mol. The summed E-state index contributed by atoms with van der Waals surface area (Å²) in [6.45, 7) is 6.31. The Kier molecular flexibility index (Phi) is 6.07. The minimum absolute atomic E-state index is 0.170. The van der Waals surface area contributed by atoms with Crippen LogP contribution in [0.2, 0.25) is 0 Å². The highest BCUT2D eigenvalue weighted by Crippen LogP contribution is 2.15. The number of methoxy groups -OCH3 is 1. The summed E-state index contributed by atoms with van der Waals surface area (Å²) in [6.07, 6.45) is 4.71. The molecule has 1 amide bonds. The predicted molar refractivity (Wildman–Crippen MR) is 68.1 cm³/mol. The summed E-state index contributed by atoms with van der Waals surface area (Å²) in [5, 5.41) is 2.66. The number of alkyl carbamates (subject to hydrolysis) is 1. The Balaban J connectivity index is 2.48. The van der Waals surface area contributed by atoms with Gasteiger partial charge in [0.15, 0.2) is 0 Å². The summed E-state index contributed by atoms with van der Waals surface area (Å²) >= 11 is 0. The molecule has 0 bridgehead atoms. The van der Waals surface area contributed by atoms with Gasteiger partial charge in [-0.15, -0.1) is 0 Å². The predicted octanol–water partition coefficient (Wildman–Crippen LogP) is 1.22. The van der Waals surface area contributed by atoms with Gasteiger partial charge in [0.25, 0.3) is 0 Å². The zero-order valence-corrected chi connectivity index (χ0v) is 11.1. The molecule has 100 valence electrons. The molecule has 0 aliphatic heterocycles. The van der Waals surface area contributed by atoms with Crippen LogP contribution in [0.25, 0.3) is 0 Å². The fourth-order valence-electron chi connectivity index (χ4n) is 1.71. The van der Waals surface area contributed by atoms with Gasteiger partial charge in [0.05, 0.1) is 18.8 Å². The Hall–Kier alpha value is -1.69. The standard InChI is InChI=1S/C12H20N4O2/c1-4-16(8-7-15-12(17)18-3)10(2)11-9-13-5-6-14-11/h5-6,9-10H,4,7-8H2,1-3H3,(H,15,17). The minimum Gasteiger partial charge on any atom is -0.453 e. The van der Waals surface area contributed by atoms with Crippen LogP contribution in [0.1, 0.15) is 25.6 Å². The number of hydrogen-bond acceptors (Lipinski definition) is 5. The van der Waals surface area contributed by atoms with Gasteiger partial charge in [-0.2, -0.15) is 0 Å². The molecule has 6 nitrogen and oxygen atoms in total. The molecule has 0 aromatic carbocycles. The second-order valence-electron chi connectivity index (χ2n) is 3.85. The summed E-state index contributed by atoms with van der Waals surface area (Å²) < 4.78 is 4.52. The van der Waals surface area contributed by atoms with Gasteiger partial charge in [-0.25, -0.2) is 4.79 Å². The molecule has 1 rings (SSSR count). The first-order valence-corrected chi connectivity index (χ1v) is 6.00. The van der Waals surface area contributed by atoms with Crippen molar-refractivity contribution in [2.45, 2.75) is 19.9 Å². The third-order valence-corrected chi connectivity index (χ3v) is 2.82. The largest absolute Gasteiger partial charge is 0.453 e. The monoisotopic (exact) mass is 252 g/mol. The van der Waals surface area contributed by atoms with E-state index in [1.165, 1.54) is 7.11 Å². The zero-order valence-electron chi connectivity index (χ0n) is 11.1. The molecule has 1 unspecified atom stereocenters. The van der Waals surface area contributed by atoms with Gasteiger partial charge in [0.1, 0.15) is 0 Å². The lowest BCUT2D eigenvalue weighted by Crippen LogP contribution is -2.36. The lowest BCUT2D eigenvalue weighted by molar-refractivity contribution is 0.165. The van der Waals surface area contributed by atoms with Crippen molar-refractivity contribution in [3.63, 3.8) is 0 Å². The van der Waals surface area contributed by atoms with Crippen LogP contribution >= 0.6 is 0 Å². The Morgan fingerprint density at radius 1 is 1.56 bits per heavy atom. The summed E-state index contributed by atoms with van der Waals surface area (Å²) in [7, 11) is 1.36. The van der Waals surface area contributed by atoms with E-state index in [-0.39, 0.29) is 6.04 Å². The van der Waals surface area contributed by atoms with Crippen molar-refractivity contribution in [1.82, 2.24) is 20.2 Å². The van der Waals surface area contributed by atoms with E-state index < -0.39 is 6.09 Å². The van der Waals surface area contributed by atoms with E-state index in [0.29, 0.717) is 6.54 Å². The maximum Gasteiger partial charge on any atom is 0.406 e. The minimum atomic E-state index is -0.404. The average Bonchev–Trinajstić information content (AvgIpc) is 2.43. The van der Waals surface area contributed by atoms with E-state index >= 15 is 0 Å². The Morgan fingerprint density at radius 3 is 2.89 bits per heavy atom. The molecule has 1 N–H and O–H groups in total. The summed E-state index contributed by atoms with van der Waals surface area (Å²) in [5.41, 5.74) is 0.928. The highest BCUT2D eigenvalue weighted by Gasteiger charge is 2.15. The molecule has 0 aliphatic carbocycles. The number of carbonyl (C=O) groups is 1. The molecule has 0 spiro atoms. The smallest absolute Gasteiger partial charge is 0.406 e. The summed E-state index contributed by atoms with van der Waals surface area (Å²) in [5.74, 6) is 0. The fraction of sp³-hybridized carbons (Fsp3) is 0.583. The molecule has 18 heavy (non-hydrogen) atoms. The van der Waals surface area contributed by atoms with Crippen molar-refractivity contribution < 1.29 is 9.53 Å². The van der Waals surface area contributed by atoms with Crippen LogP contribution in [0.5, 0.6) is 0 Å². The van der Waals surface area contributed by atoms with E-state index in [1.54, 1.807) is 18.6 Å². The van der Waals surface area contributed by atoms with Gasteiger partial charge in [-0.3, -0.25) is 14.9 Å². The number of nitrogens with one attached hydrogen (secondary N) is 1. The molecule has 0 fully saturated rings. The van der Waals surface area contributed by atoms with Crippen molar-refractivity contribution in [1.29, 1.82) is 0 Å². The molecule has 1 aromatic rings. The SMILES string of the molecule is CCN(CCNC(=O)OC)C(C)c1cnccn1. The highest BCUT2D eigenvalue weighted by atomic mass is 16.5. The fourth-order valence-corrected chi connectivity index (χ4v) is 1.71. The van der Waals surface area contributed by atoms with Gasteiger partial charge in [-0.05, 0) is 13.5 Å². The van der Waals surface area contributed by atoms with E-state index in [2.05, 4.69) is 38.8 Å². The van der Waals surface area contributed by atoms with Crippen molar-refractivity contribution in [3.8, 4) is 0 Å². The normalized spacial score (nSPS) is 12.2. The molecule has 6 heteroatoms. The van der Waals surface area contributed by atoms with E-state index in [1.807, 2.05) is 0 Å². The molecule has 1 heterocycles. The Labute approximate surface area is 107 Å². The van der Waals surface area contributed by atoms with Crippen LogP contribution in [0, 0.1) is 0 Å². The third kappa shape index (κ3) is 4.29. The lowest BCUT2D eigenvalue weighted by Gasteiger charge is -2.27. The number of ether oxygens (including phenoxy) is 1. The zero-order chi connectivity index (χ0) is 13.4. The number of aromatic nitrogens is 2. The topological polar surface area (TPSA) is 67.4 Å². The summed E-state index contributed by atoms with van der Waals surface area (Å²) in [6, 6.07) is 0.170. The van der Waals surface area contributed by atoms with E-state index in [9.17, 15) is 4.79 Å². The quantitative estimate of drug-likeness (QED) is 0.824. The second kappa shape index (κ2) is 7.60. The molecule has 1 aromatic heterocycles. The molecule has 0 radical (unpaired) electrons. The first kappa shape index (κ1) is 14.4. The van der Waals surface area contributed by atoms with Crippen LogP contribution in [-0.4, -0.2) is 47.7 Å². The molecule has 1 atom stereocenters. The lowest BCUT2D eigenvalue weighted by atomic mass is 10.2. The first-order chi connectivity index (χ1) is 8.69. The number of amides is 1. The van der Waals surface area contributed by atoms with Crippen molar-refractivity contribution in [3.05, 3.63) is 24.3 Å². The Morgan fingerprint density at radius 2 is 2.33 bits per heavy atom. The van der Waals surface area contributed by atoms with Crippen LogP contribution in [0.15, 0.2) is 18.6 Å². The first-order valence-electron chi connectivity index (χ1n) is 6.00. The molecular formula is C12H20N4O2. The van der Waals surface area contributed by atoms with Crippen molar-refractivity contribution >= 4 is 6.09 Å². The Bertz CT molecular complexity index is 358. The maximum absolute atomic E-state index is 10.9. The van der Waals surface area contributed by atoms with Gasteiger partial charge < -0.3 is 10.1 Å². The molecule has 0 saturated heterocycles. The van der Waals surface area contributed by atoms with E-state index in [4.69, 9.17) is 0 Å². The maximum atomic E-state index is 10.9. The summed E-state index contributed by atoms with van der Waals surface area (Å²) in [4.78, 5) is 21.5. The number of rotatable bonds is 6. The average molecular weight is 252 g/mol. The molecule has 0 aliphatic rings. The van der Waals surface area contributed by atoms with Crippen molar-refractivity contribution in [2.75, 3.05) is 26.7 Å². The second-order valence-corrected chi connectivity index (χ2v) is 3.85. The van der Waals surface area contributed by atoms with Crippen molar-refractivity contribution in [2.24, 2.45) is 0 Å². The van der Waals surface area contributed by atoms with Gasteiger partial charge >= 0.3 is 6.09 Å². The number of hydrogen-bond donors (Lipinski definition) is 1. The van der Waals surface area contributed by atoms with Gasteiger partial charge in [-0.1, -0.05) is 6.92 Å².